The molecule has 19 heavy (non-hydrogen) atoms. The summed E-state index contributed by atoms with van der Waals surface area (Å²) >= 11 is 1.39. The molecule has 1 N–H and O–H groups in total. The minimum atomic E-state index is -0.120. The van der Waals surface area contributed by atoms with Crippen molar-refractivity contribution in [1.82, 2.24) is 10.3 Å². The lowest BCUT2D eigenvalue weighted by Gasteiger charge is -2.04. The Kier molecular flexibility index (Phi) is 3.93. The van der Waals surface area contributed by atoms with Crippen LogP contribution in [0.15, 0.2) is 24.3 Å². The first-order valence-corrected chi connectivity index (χ1v) is 6.63. The molecule has 1 amide bonds. The van der Waals surface area contributed by atoms with E-state index in [9.17, 15) is 4.79 Å². The molecule has 2 rings (SSSR count). The van der Waals surface area contributed by atoms with Gasteiger partial charge in [-0.1, -0.05) is 12.1 Å². The van der Waals surface area contributed by atoms with Gasteiger partial charge < -0.3 is 5.32 Å². The maximum Gasteiger partial charge on any atom is 0.263 e. The second kappa shape index (κ2) is 5.63. The molecule has 0 saturated heterocycles. The van der Waals surface area contributed by atoms with Crippen LogP contribution in [0, 0.1) is 25.2 Å². The number of carbonyl (C=O) groups is 1. The van der Waals surface area contributed by atoms with Gasteiger partial charge in [0.25, 0.3) is 5.91 Å². The van der Waals surface area contributed by atoms with Gasteiger partial charge in [-0.2, -0.15) is 5.26 Å². The first-order chi connectivity index (χ1) is 9.10. The van der Waals surface area contributed by atoms with Gasteiger partial charge in [0, 0.05) is 6.54 Å². The highest BCUT2D eigenvalue weighted by molar-refractivity contribution is 7.13. The van der Waals surface area contributed by atoms with Crippen molar-refractivity contribution in [3.05, 3.63) is 51.0 Å². The Hall–Kier alpha value is -2.19. The first-order valence-electron chi connectivity index (χ1n) is 5.81. The third kappa shape index (κ3) is 3.18. The maximum atomic E-state index is 12.0. The highest BCUT2D eigenvalue weighted by atomic mass is 32.1. The zero-order valence-electron chi connectivity index (χ0n) is 10.7. The Bertz CT molecular complexity index is 655. The largest absolute Gasteiger partial charge is 0.347 e. The van der Waals surface area contributed by atoms with Crippen molar-refractivity contribution < 1.29 is 4.79 Å². The van der Waals surface area contributed by atoms with Crippen LogP contribution in [0.1, 0.15) is 31.5 Å². The van der Waals surface area contributed by atoms with Crippen LogP contribution in [-0.2, 0) is 6.54 Å². The lowest BCUT2D eigenvalue weighted by atomic mass is 10.1. The zero-order valence-corrected chi connectivity index (χ0v) is 11.5. The summed E-state index contributed by atoms with van der Waals surface area (Å²) in [5.41, 5.74) is 2.26. The molecule has 0 aliphatic carbocycles. The minimum absolute atomic E-state index is 0.120. The highest BCUT2D eigenvalue weighted by Gasteiger charge is 2.13. The second-order valence-corrected chi connectivity index (χ2v) is 5.35. The van der Waals surface area contributed by atoms with Gasteiger partial charge in [-0.3, -0.25) is 4.79 Å². The number of thiazole rings is 1. The molecule has 0 aliphatic rings. The smallest absolute Gasteiger partial charge is 0.263 e. The topological polar surface area (TPSA) is 65.8 Å². The van der Waals surface area contributed by atoms with Crippen molar-refractivity contribution >= 4 is 17.2 Å². The van der Waals surface area contributed by atoms with Crippen LogP contribution in [0.4, 0.5) is 0 Å². The molecular weight excluding hydrogens is 258 g/mol. The summed E-state index contributed by atoms with van der Waals surface area (Å²) in [5.74, 6) is -0.120. The van der Waals surface area contributed by atoms with Crippen LogP contribution >= 0.6 is 11.3 Å². The number of amides is 1. The molecule has 0 fully saturated rings. The predicted octanol–water partition coefficient (Wildman–Crippen LogP) is 2.56. The van der Waals surface area contributed by atoms with E-state index in [1.807, 2.05) is 26.0 Å². The van der Waals surface area contributed by atoms with E-state index in [0.29, 0.717) is 17.0 Å². The van der Waals surface area contributed by atoms with Gasteiger partial charge >= 0.3 is 0 Å². The Morgan fingerprint density at radius 2 is 2.26 bits per heavy atom. The van der Waals surface area contributed by atoms with E-state index in [1.165, 1.54) is 11.3 Å². The number of nitrogens with one attached hydrogen (secondary N) is 1. The van der Waals surface area contributed by atoms with Crippen LogP contribution in [0.25, 0.3) is 0 Å². The van der Waals surface area contributed by atoms with Gasteiger partial charge in [0.2, 0.25) is 0 Å². The number of aryl methyl sites for hydroxylation is 2. The summed E-state index contributed by atoms with van der Waals surface area (Å²) in [5, 5.41) is 12.5. The Morgan fingerprint density at radius 3 is 2.89 bits per heavy atom. The van der Waals surface area contributed by atoms with Crippen molar-refractivity contribution in [2.45, 2.75) is 20.4 Å². The summed E-state index contributed by atoms with van der Waals surface area (Å²) in [6.45, 7) is 4.12. The first kappa shape index (κ1) is 13.2. The molecule has 1 heterocycles. The molecule has 0 atom stereocenters. The van der Waals surface area contributed by atoms with Crippen molar-refractivity contribution in [1.29, 1.82) is 5.26 Å². The minimum Gasteiger partial charge on any atom is -0.347 e. The quantitative estimate of drug-likeness (QED) is 0.933. The van der Waals surface area contributed by atoms with Crippen LogP contribution in [-0.4, -0.2) is 10.9 Å². The molecule has 0 radical (unpaired) electrons. The van der Waals surface area contributed by atoms with E-state index in [1.54, 1.807) is 12.1 Å². The highest BCUT2D eigenvalue weighted by Crippen LogP contribution is 2.17. The average molecular weight is 271 g/mol. The number of hydrogen-bond acceptors (Lipinski definition) is 4. The fraction of sp³-hybridized carbons (Fsp3) is 0.214. The molecule has 2 aromatic rings. The van der Waals surface area contributed by atoms with Crippen LogP contribution in [0.5, 0.6) is 0 Å². The lowest BCUT2D eigenvalue weighted by molar-refractivity contribution is 0.0954. The van der Waals surface area contributed by atoms with Gasteiger partial charge in [-0.15, -0.1) is 11.3 Å². The van der Waals surface area contributed by atoms with E-state index in [0.717, 1.165) is 16.3 Å². The molecule has 0 saturated carbocycles. The van der Waals surface area contributed by atoms with Crippen LogP contribution in [0.3, 0.4) is 0 Å². The molecule has 96 valence electrons. The molecule has 0 aliphatic heterocycles. The van der Waals surface area contributed by atoms with Crippen molar-refractivity contribution in [2.24, 2.45) is 0 Å². The van der Waals surface area contributed by atoms with Crippen LogP contribution in [0.2, 0.25) is 0 Å². The Balaban J connectivity index is 2.04. The number of hydrogen-bond donors (Lipinski definition) is 1. The SMILES string of the molecule is Cc1nc(C)c(C(=O)NCc2cccc(C#N)c2)s1. The zero-order chi connectivity index (χ0) is 13.8. The van der Waals surface area contributed by atoms with E-state index in [4.69, 9.17) is 5.26 Å². The summed E-state index contributed by atoms with van der Waals surface area (Å²) in [6, 6.07) is 9.27. The van der Waals surface area contributed by atoms with Gasteiger partial charge in [-0.25, -0.2) is 4.98 Å². The maximum absolute atomic E-state index is 12.0. The molecule has 1 aromatic heterocycles. The van der Waals surface area contributed by atoms with Gasteiger partial charge in [0.15, 0.2) is 0 Å². The fourth-order valence-corrected chi connectivity index (χ4v) is 2.59. The number of rotatable bonds is 3. The molecule has 0 bridgehead atoms. The van der Waals surface area contributed by atoms with Crippen molar-refractivity contribution in [2.75, 3.05) is 0 Å². The molecule has 0 spiro atoms. The van der Waals surface area contributed by atoms with E-state index in [-0.39, 0.29) is 5.91 Å². The molecule has 4 nitrogen and oxygen atoms in total. The number of nitrogens with zero attached hydrogens (tertiary/aromatic N) is 2. The number of carbonyl (C=O) groups excluding carboxylic acids is 1. The fourth-order valence-electron chi connectivity index (χ4n) is 1.76. The lowest BCUT2D eigenvalue weighted by Crippen LogP contribution is -2.22. The number of nitriles is 1. The van der Waals surface area contributed by atoms with E-state index in [2.05, 4.69) is 16.4 Å². The summed E-state index contributed by atoms with van der Waals surface area (Å²) in [7, 11) is 0. The third-order valence-corrected chi connectivity index (χ3v) is 3.69. The Labute approximate surface area is 115 Å². The monoisotopic (exact) mass is 271 g/mol. The molecule has 0 unspecified atom stereocenters. The van der Waals surface area contributed by atoms with Crippen molar-refractivity contribution in [3.8, 4) is 6.07 Å². The van der Waals surface area contributed by atoms with Gasteiger partial charge in [0.05, 0.1) is 22.3 Å². The third-order valence-electron chi connectivity index (χ3n) is 2.62. The summed E-state index contributed by atoms with van der Waals surface area (Å²) in [6.07, 6.45) is 0. The predicted molar refractivity (Wildman–Crippen MR) is 73.9 cm³/mol. The number of aromatic nitrogens is 1. The Morgan fingerprint density at radius 1 is 1.47 bits per heavy atom. The molecule has 5 heteroatoms. The second-order valence-electron chi connectivity index (χ2n) is 4.14. The van der Waals surface area contributed by atoms with E-state index < -0.39 is 0 Å². The number of benzene rings is 1. The van der Waals surface area contributed by atoms with E-state index >= 15 is 0 Å². The van der Waals surface area contributed by atoms with Crippen molar-refractivity contribution in [3.63, 3.8) is 0 Å². The van der Waals surface area contributed by atoms with Gasteiger partial charge in [0.1, 0.15) is 4.88 Å². The standard InChI is InChI=1S/C14H13N3OS/c1-9-13(19-10(2)17-9)14(18)16-8-12-5-3-4-11(6-12)7-15/h3-6H,8H2,1-2H3,(H,16,18). The van der Waals surface area contributed by atoms with Crippen LogP contribution < -0.4 is 5.32 Å². The van der Waals surface area contributed by atoms with Gasteiger partial charge in [-0.05, 0) is 31.5 Å². The normalized spacial score (nSPS) is 9.95. The summed E-state index contributed by atoms with van der Waals surface area (Å²) in [4.78, 5) is 16.9. The molecule has 1 aromatic carbocycles. The average Bonchev–Trinajstić information content (AvgIpc) is 2.75. The summed E-state index contributed by atoms with van der Waals surface area (Å²) < 4.78 is 0. The molecular formula is C14H13N3OS.